The third kappa shape index (κ3) is 5.42. The van der Waals surface area contributed by atoms with Crippen LogP contribution in [-0.4, -0.2) is 25.0 Å². The van der Waals surface area contributed by atoms with Gasteiger partial charge in [0.05, 0.1) is 5.56 Å². The zero-order valence-electron chi connectivity index (χ0n) is 17.4. The first-order valence-electron chi connectivity index (χ1n) is 9.76. The lowest BCUT2D eigenvalue weighted by Crippen LogP contribution is -2.18. The Morgan fingerprint density at radius 2 is 1.83 bits per heavy atom. The summed E-state index contributed by atoms with van der Waals surface area (Å²) in [5.74, 6) is 0.659. The van der Waals surface area contributed by atoms with Crippen molar-refractivity contribution in [3.8, 4) is 0 Å². The van der Waals surface area contributed by atoms with Crippen LogP contribution >= 0.6 is 0 Å². The molecule has 1 atom stereocenters. The van der Waals surface area contributed by atoms with Crippen LogP contribution < -0.4 is 15.5 Å². The molecule has 5 nitrogen and oxygen atoms in total. The van der Waals surface area contributed by atoms with Crippen molar-refractivity contribution in [2.75, 3.05) is 24.3 Å². The SMILES string of the molecule is Cc1ccc(CN[C@H](C)c2ccccc2)cc1NC(=O)c1ccc(N(C)C)nc1. The zero-order valence-corrected chi connectivity index (χ0v) is 17.4. The number of benzene rings is 2. The lowest BCUT2D eigenvalue weighted by Gasteiger charge is -2.16. The molecular formula is C24H28N4O. The molecule has 150 valence electrons. The van der Waals surface area contributed by atoms with Crippen LogP contribution in [0.1, 0.15) is 40.0 Å². The Hall–Kier alpha value is -3.18. The van der Waals surface area contributed by atoms with Gasteiger partial charge in [-0.15, -0.1) is 0 Å². The van der Waals surface area contributed by atoms with Crippen molar-refractivity contribution in [2.24, 2.45) is 0 Å². The fraction of sp³-hybridized carbons (Fsp3) is 0.250. The number of rotatable bonds is 7. The van der Waals surface area contributed by atoms with E-state index in [1.165, 1.54) is 5.56 Å². The van der Waals surface area contributed by atoms with Gasteiger partial charge in [-0.25, -0.2) is 4.98 Å². The van der Waals surface area contributed by atoms with Crippen LogP contribution in [0.2, 0.25) is 0 Å². The van der Waals surface area contributed by atoms with Gasteiger partial charge in [0, 0.05) is 38.6 Å². The van der Waals surface area contributed by atoms with E-state index in [4.69, 9.17) is 0 Å². The number of hydrogen-bond donors (Lipinski definition) is 2. The van der Waals surface area contributed by atoms with E-state index in [1.807, 2.05) is 62.3 Å². The molecule has 0 spiro atoms. The minimum Gasteiger partial charge on any atom is -0.363 e. The van der Waals surface area contributed by atoms with Crippen LogP contribution in [0.15, 0.2) is 66.9 Å². The molecule has 0 radical (unpaired) electrons. The van der Waals surface area contributed by atoms with Crippen LogP contribution in [0.5, 0.6) is 0 Å². The molecule has 0 aliphatic heterocycles. The van der Waals surface area contributed by atoms with Gasteiger partial charge in [-0.05, 0) is 48.7 Å². The highest BCUT2D eigenvalue weighted by molar-refractivity contribution is 6.04. The Kier molecular flexibility index (Phi) is 6.62. The average Bonchev–Trinajstić information content (AvgIpc) is 2.74. The smallest absolute Gasteiger partial charge is 0.257 e. The number of nitrogens with zero attached hydrogens (tertiary/aromatic N) is 2. The van der Waals surface area contributed by atoms with E-state index in [9.17, 15) is 4.79 Å². The first kappa shape index (κ1) is 20.6. The number of hydrogen-bond acceptors (Lipinski definition) is 4. The van der Waals surface area contributed by atoms with Gasteiger partial charge in [-0.1, -0.05) is 42.5 Å². The van der Waals surface area contributed by atoms with Gasteiger partial charge in [-0.2, -0.15) is 0 Å². The second-order valence-electron chi connectivity index (χ2n) is 7.42. The molecule has 1 amide bonds. The van der Waals surface area contributed by atoms with Crippen molar-refractivity contribution in [3.05, 3.63) is 89.1 Å². The number of aromatic nitrogens is 1. The third-order valence-corrected chi connectivity index (χ3v) is 4.93. The summed E-state index contributed by atoms with van der Waals surface area (Å²) < 4.78 is 0. The van der Waals surface area contributed by atoms with Gasteiger partial charge in [-0.3, -0.25) is 4.79 Å². The normalized spacial score (nSPS) is 11.7. The Morgan fingerprint density at radius 3 is 2.48 bits per heavy atom. The molecule has 1 aromatic heterocycles. The van der Waals surface area contributed by atoms with Crippen molar-refractivity contribution in [1.82, 2.24) is 10.3 Å². The first-order chi connectivity index (χ1) is 13.9. The Morgan fingerprint density at radius 1 is 1.07 bits per heavy atom. The van der Waals surface area contributed by atoms with Crippen LogP contribution in [0.3, 0.4) is 0 Å². The predicted molar refractivity (Wildman–Crippen MR) is 119 cm³/mol. The summed E-state index contributed by atoms with van der Waals surface area (Å²) in [5, 5.41) is 6.55. The maximum Gasteiger partial charge on any atom is 0.257 e. The molecule has 2 N–H and O–H groups in total. The van der Waals surface area contributed by atoms with E-state index in [1.54, 1.807) is 12.3 Å². The highest BCUT2D eigenvalue weighted by Gasteiger charge is 2.10. The maximum atomic E-state index is 12.6. The summed E-state index contributed by atoms with van der Waals surface area (Å²) in [6, 6.07) is 20.4. The van der Waals surface area contributed by atoms with Crippen molar-refractivity contribution in [1.29, 1.82) is 0 Å². The van der Waals surface area contributed by atoms with E-state index in [0.29, 0.717) is 5.56 Å². The molecule has 0 unspecified atom stereocenters. The van der Waals surface area contributed by atoms with Crippen molar-refractivity contribution in [3.63, 3.8) is 0 Å². The molecule has 3 rings (SSSR count). The second-order valence-corrected chi connectivity index (χ2v) is 7.42. The molecule has 2 aromatic carbocycles. The summed E-state index contributed by atoms with van der Waals surface area (Å²) in [7, 11) is 3.84. The van der Waals surface area contributed by atoms with Crippen LogP contribution in [0, 0.1) is 6.92 Å². The molecule has 0 aliphatic carbocycles. The van der Waals surface area contributed by atoms with E-state index in [2.05, 4.69) is 40.7 Å². The van der Waals surface area contributed by atoms with E-state index in [0.717, 1.165) is 29.2 Å². The lowest BCUT2D eigenvalue weighted by molar-refractivity contribution is 0.102. The van der Waals surface area contributed by atoms with Gasteiger partial charge in [0.2, 0.25) is 0 Å². The van der Waals surface area contributed by atoms with Crippen LogP contribution in [-0.2, 0) is 6.54 Å². The molecular weight excluding hydrogens is 360 g/mol. The topological polar surface area (TPSA) is 57.3 Å². The van der Waals surface area contributed by atoms with Crippen molar-refractivity contribution >= 4 is 17.4 Å². The predicted octanol–water partition coefficient (Wildman–Crippen LogP) is 4.56. The van der Waals surface area contributed by atoms with Gasteiger partial charge in [0.1, 0.15) is 5.82 Å². The first-order valence-corrected chi connectivity index (χ1v) is 9.76. The second kappa shape index (κ2) is 9.34. The molecule has 3 aromatic rings. The molecule has 1 heterocycles. The number of aryl methyl sites for hydroxylation is 1. The van der Waals surface area contributed by atoms with Crippen molar-refractivity contribution in [2.45, 2.75) is 26.4 Å². The standard InChI is InChI=1S/C24H28N4O/c1-17-10-11-19(15-25-18(2)20-8-6-5-7-9-20)14-22(17)27-24(29)21-12-13-23(26-16-21)28(3)4/h5-14,16,18,25H,15H2,1-4H3,(H,27,29)/t18-/m1/s1. The Labute approximate surface area is 172 Å². The summed E-state index contributed by atoms with van der Waals surface area (Å²) in [4.78, 5) is 18.8. The fourth-order valence-electron chi connectivity index (χ4n) is 3.02. The Bertz CT molecular complexity index is 952. The minimum atomic E-state index is -0.159. The molecule has 0 aliphatic rings. The van der Waals surface area contributed by atoms with Gasteiger partial charge >= 0.3 is 0 Å². The number of amides is 1. The molecule has 5 heteroatoms. The van der Waals surface area contributed by atoms with Crippen LogP contribution in [0.4, 0.5) is 11.5 Å². The average molecular weight is 389 g/mol. The summed E-state index contributed by atoms with van der Waals surface area (Å²) >= 11 is 0. The highest BCUT2D eigenvalue weighted by atomic mass is 16.1. The molecule has 29 heavy (non-hydrogen) atoms. The number of anilines is 2. The number of carbonyl (C=O) groups is 1. The fourth-order valence-corrected chi connectivity index (χ4v) is 3.02. The largest absolute Gasteiger partial charge is 0.363 e. The van der Waals surface area contributed by atoms with Gasteiger partial charge in [0.25, 0.3) is 5.91 Å². The summed E-state index contributed by atoms with van der Waals surface area (Å²) in [6.45, 7) is 4.86. The van der Waals surface area contributed by atoms with Gasteiger partial charge in [0.15, 0.2) is 0 Å². The van der Waals surface area contributed by atoms with Gasteiger partial charge < -0.3 is 15.5 Å². The maximum absolute atomic E-state index is 12.6. The zero-order chi connectivity index (χ0) is 20.8. The summed E-state index contributed by atoms with van der Waals surface area (Å²) in [5.41, 5.74) is 4.75. The lowest BCUT2D eigenvalue weighted by atomic mass is 10.1. The van der Waals surface area contributed by atoms with E-state index in [-0.39, 0.29) is 11.9 Å². The summed E-state index contributed by atoms with van der Waals surface area (Å²) in [6.07, 6.45) is 1.60. The molecule has 0 bridgehead atoms. The van der Waals surface area contributed by atoms with E-state index < -0.39 is 0 Å². The van der Waals surface area contributed by atoms with E-state index >= 15 is 0 Å². The number of nitrogens with one attached hydrogen (secondary N) is 2. The number of carbonyl (C=O) groups excluding carboxylic acids is 1. The molecule has 0 saturated carbocycles. The highest BCUT2D eigenvalue weighted by Crippen LogP contribution is 2.20. The Balaban J connectivity index is 1.66. The minimum absolute atomic E-state index is 0.159. The van der Waals surface area contributed by atoms with Crippen LogP contribution in [0.25, 0.3) is 0 Å². The monoisotopic (exact) mass is 388 g/mol. The van der Waals surface area contributed by atoms with Crippen molar-refractivity contribution < 1.29 is 4.79 Å². The number of pyridine rings is 1. The molecule has 0 saturated heterocycles. The molecule has 0 fully saturated rings. The quantitative estimate of drug-likeness (QED) is 0.623. The third-order valence-electron chi connectivity index (χ3n) is 4.93.